The molecule has 1 atom stereocenters. The van der Waals surface area contributed by atoms with Crippen LogP contribution in [0.1, 0.15) is 70.9 Å². The van der Waals surface area contributed by atoms with E-state index in [-0.39, 0.29) is 11.8 Å². The molecule has 8 aromatic rings. The van der Waals surface area contributed by atoms with Gasteiger partial charge in [0.2, 0.25) is 0 Å². The maximum atomic E-state index is 13.5. The molecule has 0 spiro atoms. The van der Waals surface area contributed by atoms with Gasteiger partial charge in [-0.05, 0) is 138 Å². The third kappa shape index (κ3) is 9.93. The van der Waals surface area contributed by atoms with Crippen LogP contribution in [0.5, 0.6) is 0 Å². The van der Waals surface area contributed by atoms with Gasteiger partial charge < -0.3 is 15.5 Å². The summed E-state index contributed by atoms with van der Waals surface area (Å²) in [4.78, 5) is 52.7. The quantitative estimate of drug-likeness (QED) is 0.118. The highest BCUT2D eigenvalue weighted by molar-refractivity contribution is 5.99. The van der Waals surface area contributed by atoms with E-state index in [1.165, 1.54) is 32.1 Å². The lowest BCUT2D eigenvalue weighted by atomic mass is 9.95. The Morgan fingerprint density at radius 2 is 0.912 bits per heavy atom. The Labute approximate surface area is 398 Å². The molecule has 10 heteroatoms. The molecule has 10 nitrogen and oxygen atoms in total. The number of carbonyl (C=O) groups is 2. The minimum Gasteiger partial charge on any atom is -0.351 e. The van der Waals surface area contributed by atoms with Crippen molar-refractivity contribution in [3.8, 4) is 56.2 Å². The van der Waals surface area contributed by atoms with E-state index in [0.29, 0.717) is 46.8 Å². The van der Waals surface area contributed by atoms with Crippen LogP contribution in [0.2, 0.25) is 0 Å². The van der Waals surface area contributed by atoms with Crippen LogP contribution in [-0.2, 0) is 0 Å². The average molecular weight is 899 g/mol. The topological polar surface area (TPSA) is 116 Å². The molecule has 2 aliphatic rings. The van der Waals surface area contributed by atoms with Gasteiger partial charge in [0.05, 0.1) is 44.8 Å². The van der Waals surface area contributed by atoms with Crippen molar-refractivity contribution in [3.05, 3.63) is 156 Å². The third-order valence-corrected chi connectivity index (χ3v) is 13.6. The number of piperidine rings is 1. The Hall–Kier alpha value is -7.14. The number of aryl methyl sites for hydroxylation is 2. The SMILES string of the molecule is Cc1cccc(-c2nc3ccc(C(=O)NCCN4CCCC4)cc3nc2-c2cccc(-c3cccc(-c4nc5ccc(C(=O)NCCN6CCCCC6C)cc5nc4-c4cccc(C)c4)c3)c2)c1. The third-order valence-electron chi connectivity index (χ3n) is 13.6. The number of rotatable bonds is 13. The van der Waals surface area contributed by atoms with Crippen LogP contribution in [0.4, 0.5) is 0 Å². The van der Waals surface area contributed by atoms with Crippen LogP contribution in [0.15, 0.2) is 133 Å². The first kappa shape index (κ1) is 44.7. The van der Waals surface area contributed by atoms with Gasteiger partial charge in [0.15, 0.2) is 0 Å². The zero-order chi connectivity index (χ0) is 46.6. The zero-order valence-corrected chi connectivity index (χ0v) is 39.3. The summed E-state index contributed by atoms with van der Waals surface area (Å²) >= 11 is 0. The van der Waals surface area contributed by atoms with Crippen molar-refractivity contribution in [1.82, 2.24) is 40.4 Å². The predicted octanol–water partition coefficient (Wildman–Crippen LogP) is 11.0. The summed E-state index contributed by atoms with van der Waals surface area (Å²) in [6.45, 7) is 12.6. The fourth-order valence-electron chi connectivity index (χ4n) is 9.81. The molecule has 4 heterocycles. The van der Waals surface area contributed by atoms with E-state index in [4.69, 9.17) is 19.9 Å². The van der Waals surface area contributed by atoms with Gasteiger partial charge in [-0.2, -0.15) is 0 Å². The molecule has 6 aromatic carbocycles. The molecule has 2 amide bonds. The van der Waals surface area contributed by atoms with Crippen molar-refractivity contribution in [1.29, 1.82) is 0 Å². The van der Waals surface area contributed by atoms with E-state index in [2.05, 4.69) is 126 Å². The number of benzene rings is 6. The molecular formula is C58H58N8O2. The number of nitrogens with zero attached hydrogens (tertiary/aromatic N) is 6. The highest BCUT2D eigenvalue weighted by Crippen LogP contribution is 2.37. The van der Waals surface area contributed by atoms with E-state index >= 15 is 0 Å². The molecule has 0 bridgehead atoms. The summed E-state index contributed by atoms with van der Waals surface area (Å²) in [6, 6.07) is 45.3. The number of likely N-dealkylation sites (tertiary alicyclic amines) is 2. The molecule has 342 valence electrons. The number of nitrogens with one attached hydrogen (secondary N) is 2. The van der Waals surface area contributed by atoms with Crippen LogP contribution < -0.4 is 10.6 Å². The average Bonchev–Trinajstić information content (AvgIpc) is 3.89. The number of hydrogen-bond donors (Lipinski definition) is 2. The fourth-order valence-corrected chi connectivity index (χ4v) is 9.81. The van der Waals surface area contributed by atoms with Gasteiger partial charge in [0, 0.05) is 65.6 Å². The first-order valence-electron chi connectivity index (χ1n) is 24.2. The minimum atomic E-state index is -0.110. The van der Waals surface area contributed by atoms with Crippen molar-refractivity contribution >= 4 is 33.9 Å². The number of hydrogen-bond acceptors (Lipinski definition) is 8. The Morgan fingerprint density at radius 1 is 0.485 bits per heavy atom. The van der Waals surface area contributed by atoms with Crippen LogP contribution >= 0.6 is 0 Å². The Morgan fingerprint density at radius 3 is 1.40 bits per heavy atom. The lowest BCUT2D eigenvalue weighted by Gasteiger charge is -2.33. The van der Waals surface area contributed by atoms with E-state index < -0.39 is 0 Å². The number of fused-ring (bicyclic) bond motifs is 2. The van der Waals surface area contributed by atoms with Gasteiger partial charge in [-0.1, -0.05) is 90.3 Å². The predicted molar refractivity (Wildman–Crippen MR) is 275 cm³/mol. The molecular weight excluding hydrogens is 841 g/mol. The van der Waals surface area contributed by atoms with Crippen LogP contribution in [0.25, 0.3) is 78.2 Å². The lowest BCUT2D eigenvalue weighted by Crippen LogP contribution is -2.42. The summed E-state index contributed by atoms with van der Waals surface area (Å²) in [5.41, 5.74) is 14.9. The molecule has 2 fully saturated rings. The lowest BCUT2D eigenvalue weighted by molar-refractivity contribution is 0.0934. The molecule has 2 N–H and O–H groups in total. The van der Waals surface area contributed by atoms with E-state index in [1.807, 2.05) is 48.5 Å². The standard InChI is InChI=1S/C58H58N8O2/c1-38-12-8-17-43(32-38)53-56(64-52-36-47(21-23-49(52)61-53)57(67)59-25-30-65-27-6-7-28-65)46-20-11-16-42(35-46)41-15-10-19-45(34-41)55-54(44-18-9-13-39(2)33-44)63-51-37-48(22-24-50(51)62-55)58(68)60-26-31-66-29-5-4-14-40(66)3/h8-13,15-24,32-37,40H,4-7,14,25-31H2,1-3H3,(H,59,67)(H,60,68). The van der Waals surface area contributed by atoms with Gasteiger partial charge in [-0.15, -0.1) is 0 Å². The first-order chi connectivity index (χ1) is 33.2. The second kappa shape index (κ2) is 20.0. The molecule has 0 radical (unpaired) electrons. The summed E-state index contributed by atoms with van der Waals surface area (Å²) in [5, 5.41) is 6.26. The van der Waals surface area contributed by atoms with E-state index in [9.17, 15) is 9.59 Å². The van der Waals surface area contributed by atoms with Crippen molar-refractivity contribution in [3.63, 3.8) is 0 Å². The van der Waals surface area contributed by atoms with E-state index in [0.717, 1.165) is 106 Å². The largest absolute Gasteiger partial charge is 0.351 e. The number of amides is 2. The molecule has 0 saturated carbocycles. The highest BCUT2D eigenvalue weighted by Gasteiger charge is 2.21. The second-order valence-electron chi connectivity index (χ2n) is 18.6. The van der Waals surface area contributed by atoms with Gasteiger partial charge in [0.25, 0.3) is 11.8 Å². The molecule has 10 rings (SSSR count). The van der Waals surface area contributed by atoms with E-state index in [1.54, 1.807) is 0 Å². The fraction of sp³-hybridized carbons (Fsp3) is 0.276. The van der Waals surface area contributed by atoms with Gasteiger partial charge in [0.1, 0.15) is 0 Å². The maximum Gasteiger partial charge on any atom is 0.251 e. The monoisotopic (exact) mass is 898 g/mol. The first-order valence-corrected chi connectivity index (χ1v) is 24.2. The normalized spacial score (nSPS) is 15.5. The zero-order valence-electron chi connectivity index (χ0n) is 39.3. The highest BCUT2D eigenvalue weighted by atomic mass is 16.2. The van der Waals surface area contributed by atoms with Crippen LogP contribution in [0, 0.1) is 13.8 Å². The van der Waals surface area contributed by atoms with Crippen molar-refractivity contribution in [2.24, 2.45) is 0 Å². The smallest absolute Gasteiger partial charge is 0.251 e. The minimum absolute atomic E-state index is 0.106. The summed E-state index contributed by atoms with van der Waals surface area (Å²) in [6.07, 6.45) is 6.14. The summed E-state index contributed by atoms with van der Waals surface area (Å²) in [5.74, 6) is -0.215. The van der Waals surface area contributed by atoms with Crippen molar-refractivity contribution < 1.29 is 9.59 Å². The molecule has 0 aliphatic carbocycles. The number of carbonyl (C=O) groups excluding carboxylic acids is 2. The van der Waals surface area contributed by atoms with Gasteiger partial charge >= 0.3 is 0 Å². The molecule has 2 aromatic heterocycles. The summed E-state index contributed by atoms with van der Waals surface area (Å²) < 4.78 is 0. The molecule has 2 aliphatic heterocycles. The Bertz CT molecular complexity index is 3160. The maximum absolute atomic E-state index is 13.5. The Balaban J connectivity index is 0.979. The number of aromatic nitrogens is 4. The van der Waals surface area contributed by atoms with Crippen LogP contribution in [-0.4, -0.2) is 93.4 Å². The molecule has 68 heavy (non-hydrogen) atoms. The second-order valence-corrected chi connectivity index (χ2v) is 18.6. The Kier molecular flexibility index (Phi) is 13.1. The van der Waals surface area contributed by atoms with Crippen molar-refractivity contribution in [2.75, 3.05) is 45.8 Å². The summed E-state index contributed by atoms with van der Waals surface area (Å²) in [7, 11) is 0. The van der Waals surface area contributed by atoms with Gasteiger partial charge in [-0.3, -0.25) is 14.5 Å². The van der Waals surface area contributed by atoms with Gasteiger partial charge in [-0.25, -0.2) is 19.9 Å². The molecule has 2 saturated heterocycles. The molecule has 1 unspecified atom stereocenters. The van der Waals surface area contributed by atoms with Crippen LogP contribution in [0.3, 0.4) is 0 Å². The van der Waals surface area contributed by atoms with Crippen molar-refractivity contribution in [2.45, 2.75) is 58.9 Å².